The summed E-state index contributed by atoms with van der Waals surface area (Å²) in [4.78, 5) is 29.5. The molecule has 2 atom stereocenters. The quantitative estimate of drug-likeness (QED) is 0.725. The van der Waals surface area contributed by atoms with Gasteiger partial charge < -0.3 is 14.6 Å². The molecule has 0 bridgehead atoms. The predicted molar refractivity (Wildman–Crippen MR) is 99.0 cm³/mol. The molecule has 6 heteroatoms. The maximum atomic E-state index is 12.9. The minimum absolute atomic E-state index is 0.338. The highest BCUT2D eigenvalue weighted by atomic mass is 16.5. The number of benzene rings is 2. The number of nitrogens with one attached hydrogen (secondary N) is 1. The fourth-order valence-electron chi connectivity index (χ4n) is 3.31. The Morgan fingerprint density at radius 3 is 2.67 bits per heavy atom. The molecule has 27 heavy (non-hydrogen) atoms. The van der Waals surface area contributed by atoms with E-state index in [1.807, 2.05) is 60.3 Å². The predicted octanol–water partition coefficient (Wildman–Crippen LogP) is 2.41. The lowest BCUT2D eigenvalue weighted by Gasteiger charge is -2.26. The number of rotatable bonds is 4. The Hall–Kier alpha value is -3.41. The second kappa shape index (κ2) is 7.07. The minimum Gasteiger partial charge on any atom is -0.448 e. The first-order valence-corrected chi connectivity index (χ1v) is 8.75. The van der Waals surface area contributed by atoms with Crippen LogP contribution in [0.2, 0.25) is 0 Å². The molecular weight excluding hydrogens is 342 g/mol. The first-order valence-electron chi connectivity index (χ1n) is 8.75. The van der Waals surface area contributed by atoms with Gasteiger partial charge in [-0.3, -0.25) is 4.79 Å². The van der Waals surface area contributed by atoms with E-state index >= 15 is 0 Å². The lowest BCUT2D eigenvalue weighted by Crippen LogP contribution is -2.43. The summed E-state index contributed by atoms with van der Waals surface area (Å²) in [5.41, 5.74) is 2.25. The number of nitrogens with zero attached hydrogens (tertiary/aromatic N) is 2. The van der Waals surface area contributed by atoms with Crippen molar-refractivity contribution in [2.45, 2.75) is 18.6 Å². The lowest BCUT2D eigenvalue weighted by molar-refractivity contribution is -0.130. The Labute approximate surface area is 156 Å². The molecule has 1 aromatic heterocycles. The summed E-state index contributed by atoms with van der Waals surface area (Å²) in [6, 6.07) is 16.4. The van der Waals surface area contributed by atoms with Gasteiger partial charge in [-0.2, -0.15) is 0 Å². The molecule has 0 spiro atoms. The second-order valence-electron chi connectivity index (χ2n) is 6.50. The second-order valence-corrected chi connectivity index (χ2v) is 6.50. The van der Waals surface area contributed by atoms with Crippen LogP contribution in [-0.4, -0.2) is 27.5 Å². The number of hydrogen-bond acceptors (Lipinski definition) is 4. The molecule has 2 aromatic carbocycles. The van der Waals surface area contributed by atoms with E-state index in [1.165, 1.54) is 0 Å². The fourth-order valence-corrected chi connectivity index (χ4v) is 3.31. The van der Waals surface area contributed by atoms with Crippen molar-refractivity contribution in [1.82, 2.24) is 14.9 Å². The molecule has 0 radical (unpaired) electrons. The highest BCUT2D eigenvalue weighted by Crippen LogP contribution is 2.24. The van der Waals surface area contributed by atoms with Crippen LogP contribution in [0, 0.1) is 0 Å². The van der Waals surface area contributed by atoms with Crippen LogP contribution in [0.5, 0.6) is 0 Å². The van der Waals surface area contributed by atoms with Crippen LogP contribution in [0.25, 0.3) is 0 Å². The Bertz CT molecular complexity index is 981. The van der Waals surface area contributed by atoms with E-state index in [0.29, 0.717) is 17.8 Å². The maximum Gasteiger partial charge on any atom is 0.339 e. The van der Waals surface area contributed by atoms with Gasteiger partial charge in [0.25, 0.3) is 5.91 Å². The normalized spacial score (nSPS) is 16.9. The average Bonchev–Trinajstić information content (AvgIpc) is 3.12. The van der Waals surface area contributed by atoms with Crippen LogP contribution in [0.3, 0.4) is 0 Å². The first kappa shape index (κ1) is 17.0. The Morgan fingerprint density at radius 2 is 1.93 bits per heavy atom. The van der Waals surface area contributed by atoms with Gasteiger partial charge in [-0.05, 0) is 17.2 Å². The van der Waals surface area contributed by atoms with Crippen molar-refractivity contribution < 1.29 is 14.3 Å². The van der Waals surface area contributed by atoms with Gasteiger partial charge in [-0.1, -0.05) is 48.5 Å². The van der Waals surface area contributed by atoms with E-state index in [1.54, 1.807) is 18.3 Å². The fraction of sp³-hybridized carbons (Fsp3) is 0.190. The van der Waals surface area contributed by atoms with Crippen LogP contribution >= 0.6 is 0 Å². The molecule has 0 unspecified atom stereocenters. The smallest absolute Gasteiger partial charge is 0.339 e. The van der Waals surface area contributed by atoms with E-state index < -0.39 is 18.1 Å². The van der Waals surface area contributed by atoms with Crippen molar-refractivity contribution >= 4 is 11.9 Å². The van der Waals surface area contributed by atoms with Crippen molar-refractivity contribution in [3.8, 4) is 0 Å². The van der Waals surface area contributed by atoms with E-state index in [4.69, 9.17) is 4.74 Å². The summed E-state index contributed by atoms with van der Waals surface area (Å²) < 4.78 is 7.24. The van der Waals surface area contributed by atoms with Crippen molar-refractivity contribution in [3.63, 3.8) is 0 Å². The van der Waals surface area contributed by atoms with Crippen molar-refractivity contribution in [3.05, 3.63) is 89.5 Å². The van der Waals surface area contributed by atoms with E-state index in [9.17, 15) is 9.59 Å². The molecule has 1 N–H and O–H groups in total. The summed E-state index contributed by atoms with van der Waals surface area (Å²) in [5, 5.41) is 3.00. The zero-order valence-corrected chi connectivity index (χ0v) is 14.8. The summed E-state index contributed by atoms with van der Waals surface area (Å²) in [6.45, 7) is 0. The van der Waals surface area contributed by atoms with Crippen LogP contribution in [-0.2, 0) is 23.0 Å². The molecule has 3 aromatic rings. The Kier molecular flexibility index (Phi) is 4.46. The van der Waals surface area contributed by atoms with Gasteiger partial charge >= 0.3 is 5.97 Å². The van der Waals surface area contributed by atoms with Gasteiger partial charge in [-0.15, -0.1) is 0 Å². The van der Waals surface area contributed by atoms with Crippen molar-refractivity contribution in [2.24, 2.45) is 7.05 Å². The Balaban J connectivity index is 1.60. The minimum atomic E-state index is -0.862. The summed E-state index contributed by atoms with van der Waals surface area (Å²) >= 11 is 0. The van der Waals surface area contributed by atoms with E-state index in [0.717, 1.165) is 11.1 Å². The highest BCUT2D eigenvalue weighted by Gasteiger charge is 2.33. The summed E-state index contributed by atoms with van der Waals surface area (Å²) in [6.07, 6.45) is 3.01. The molecule has 0 saturated carbocycles. The monoisotopic (exact) mass is 361 g/mol. The van der Waals surface area contributed by atoms with Gasteiger partial charge in [0.05, 0.1) is 5.56 Å². The SMILES string of the molecule is Cn1ccnc1[C@H](NC(=O)[C@@H]1Cc2ccccc2C(=O)O1)c1ccccc1. The van der Waals surface area contributed by atoms with E-state index in [2.05, 4.69) is 10.3 Å². The number of aromatic nitrogens is 2. The van der Waals surface area contributed by atoms with Gasteiger partial charge in [0, 0.05) is 25.9 Å². The first-order chi connectivity index (χ1) is 13.1. The van der Waals surface area contributed by atoms with Gasteiger partial charge in [0.15, 0.2) is 6.10 Å². The van der Waals surface area contributed by atoms with Crippen molar-refractivity contribution in [2.75, 3.05) is 0 Å². The number of imidazole rings is 1. The zero-order valence-electron chi connectivity index (χ0n) is 14.8. The van der Waals surface area contributed by atoms with Gasteiger partial charge in [-0.25, -0.2) is 9.78 Å². The topological polar surface area (TPSA) is 73.2 Å². The molecule has 1 aliphatic heterocycles. The number of hydrogen-bond donors (Lipinski definition) is 1. The molecule has 2 heterocycles. The molecule has 4 rings (SSSR count). The lowest BCUT2D eigenvalue weighted by atomic mass is 9.97. The number of cyclic esters (lactones) is 1. The number of esters is 1. The molecule has 1 amide bonds. The highest BCUT2D eigenvalue weighted by molar-refractivity contribution is 5.95. The number of carbonyl (C=O) groups excluding carboxylic acids is 2. The third kappa shape index (κ3) is 3.33. The maximum absolute atomic E-state index is 12.9. The number of aryl methyl sites for hydroxylation is 1. The molecule has 0 aliphatic carbocycles. The molecule has 0 saturated heterocycles. The van der Waals surface area contributed by atoms with Crippen LogP contribution in [0.15, 0.2) is 67.0 Å². The van der Waals surface area contributed by atoms with Crippen LogP contribution < -0.4 is 5.32 Å². The van der Waals surface area contributed by atoms with E-state index in [-0.39, 0.29) is 5.91 Å². The largest absolute Gasteiger partial charge is 0.448 e. The molecule has 1 aliphatic rings. The average molecular weight is 361 g/mol. The Morgan fingerprint density at radius 1 is 1.19 bits per heavy atom. The zero-order chi connectivity index (χ0) is 18.8. The van der Waals surface area contributed by atoms with Gasteiger partial charge in [0.2, 0.25) is 0 Å². The van der Waals surface area contributed by atoms with Gasteiger partial charge in [0.1, 0.15) is 11.9 Å². The number of fused-ring (bicyclic) bond motifs is 1. The molecule has 136 valence electrons. The summed E-state index contributed by atoms with van der Waals surface area (Å²) in [7, 11) is 1.88. The van der Waals surface area contributed by atoms with Crippen LogP contribution in [0.1, 0.15) is 33.4 Å². The number of amides is 1. The third-order valence-corrected chi connectivity index (χ3v) is 4.72. The molecular formula is C21H19N3O3. The third-order valence-electron chi connectivity index (χ3n) is 4.72. The standard InChI is InChI=1S/C21H19N3O3/c1-24-12-11-22-19(24)18(14-7-3-2-4-8-14)23-20(25)17-13-15-9-5-6-10-16(15)21(26)27-17/h2-12,17-18H,13H2,1H3,(H,23,25)/t17-,18+/m0/s1. The van der Waals surface area contributed by atoms with Crippen molar-refractivity contribution in [1.29, 1.82) is 0 Å². The molecule has 6 nitrogen and oxygen atoms in total. The van der Waals surface area contributed by atoms with Crippen LogP contribution in [0.4, 0.5) is 0 Å². The molecule has 0 fully saturated rings. The number of ether oxygens (including phenoxy) is 1. The summed E-state index contributed by atoms with van der Waals surface area (Å²) in [5.74, 6) is -0.1000. The number of carbonyl (C=O) groups is 2.